The first-order valence-corrected chi connectivity index (χ1v) is 12.7. The lowest BCUT2D eigenvalue weighted by Crippen LogP contribution is -2.56. The number of hydrogen-bond donors (Lipinski definition) is 2. The molecule has 9 nitrogen and oxygen atoms in total. The van der Waals surface area contributed by atoms with Gasteiger partial charge in [-0.15, -0.1) is 16.8 Å². The van der Waals surface area contributed by atoms with E-state index in [1.165, 1.54) is 6.92 Å². The van der Waals surface area contributed by atoms with Crippen molar-refractivity contribution in [2.24, 2.45) is 0 Å². The standard InChI is InChI=1S/C26H34N4O5S/c1-17(31)28-19-11-9-18(10-12-19)14-21(24(33)34-25(2,3)4)29-23(32)22-26(5,6)36-16-30(22)35-20-8-7-13-27-15-20/h7-13,15,21-22H,14,16H2,1-6H3,(H,28,31)(H,29,32)/t21-,22+/m0/s1. The van der Waals surface area contributed by atoms with E-state index in [9.17, 15) is 14.4 Å². The Morgan fingerprint density at radius 2 is 1.89 bits per heavy atom. The van der Waals surface area contributed by atoms with Gasteiger partial charge in [0.2, 0.25) is 11.8 Å². The summed E-state index contributed by atoms with van der Waals surface area (Å²) in [4.78, 5) is 48.0. The number of nitrogens with one attached hydrogen (secondary N) is 2. The van der Waals surface area contributed by atoms with Crippen LogP contribution in [0.5, 0.6) is 5.75 Å². The molecule has 36 heavy (non-hydrogen) atoms. The molecule has 1 fully saturated rings. The molecule has 1 saturated heterocycles. The third kappa shape index (κ3) is 7.69. The quantitative estimate of drug-likeness (QED) is 0.515. The van der Waals surface area contributed by atoms with Gasteiger partial charge in [0, 0.05) is 30.0 Å². The van der Waals surface area contributed by atoms with Crippen LogP contribution in [0.4, 0.5) is 5.69 Å². The largest absolute Gasteiger partial charge is 0.458 e. The Balaban J connectivity index is 1.80. The number of pyridine rings is 1. The lowest BCUT2D eigenvalue weighted by Gasteiger charge is -2.31. The minimum absolute atomic E-state index is 0.170. The fourth-order valence-electron chi connectivity index (χ4n) is 3.77. The Bertz CT molecular complexity index is 1070. The highest BCUT2D eigenvalue weighted by atomic mass is 32.2. The summed E-state index contributed by atoms with van der Waals surface area (Å²) in [5, 5.41) is 7.25. The summed E-state index contributed by atoms with van der Waals surface area (Å²) in [5.41, 5.74) is 0.744. The van der Waals surface area contributed by atoms with Crippen LogP contribution in [0.25, 0.3) is 0 Å². The number of hydrogen-bond acceptors (Lipinski definition) is 8. The average Bonchev–Trinajstić information content (AvgIpc) is 3.07. The molecule has 1 aliphatic heterocycles. The van der Waals surface area contributed by atoms with Gasteiger partial charge in [0.15, 0.2) is 5.75 Å². The van der Waals surface area contributed by atoms with Crippen LogP contribution < -0.4 is 15.5 Å². The minimum Gasteiger partial charge on any atom is -0.458 e. The highest BCUT2D eigenvalue weighted by Gasteiger charge is 2.48. The second-order valence-electron chi connectivity index (χ2n) is 10.2. The van der Waals surface area contributed by atoms with E-state index in [-0.39, 0.29) is 18.2 Å². The lowest BCUT2D eigenvalue weighted by atomic mass is 10.0. The Morgan fingerprint density at radius 3 is 2.47 bits per heavy atom. The summed E-state index contributed by atoms with van der Waals surface area (Å²) < 4.78 is 5.15. The van der Waals surface area contributed by atoms with Gasteiger partial charge in [-0.2, -0.15) is 0 Å². The van der Waals surface area contributed by atoms with Crippen molar-refractivity contribution in [1.82, 2.24) is 15.4 Å². The van der Waals surface area contributed by atoms with Crippen molar-refractivity contribution in [2.75, 3.05) is 11.2 Å². The Hall–Kier alpha value is -3.11. The first kappa shape index (κ1) is 27.5. The van der Waals surface area contributed by atoms with Crippen LogP contribution in [0.3, 0.4) is 0 Å². The zero-order chi connectivity index (χ0) is 26.5. The summed E-state index contributed by atoms with van der Waals surface area (Å²) >= 11 is 1.59. The second kappa shape index (κ2) is 11.3. The molecule has 3 rings (SSSR count). The van der Waals surface area contributed by atoms with Crippen molar-refractivity contribution in [3.05, 3.63) is 54.4 Å². The molecule has 0 unspecified atom stereocenters. The van der Waals surface area contributed by atoms with Crippen molar-refractivity contribution in [3.63, 3.8) is 0 Å². The Morgan fingerprint density at radius 1 is 1.19 bits per heavy atom. The highest BCUT2D eigenvalue weighted by molar-refractivity contribution is 8.00. The predicted molar refractivity (Wildman–Crippen MR) is 139 cm³/mol. The molecule has 10 heteroatoms. The van der Waals surface area contributed by atoms with E-state index in [1.807, 2.05) is 26.0 Å². The third-order valence-electron chi connectivity index (χ3n) is 5.34. The zero-order valence-electron chi connectivity index (χ0n) is 21.5. The number of amides is 2. The van der Waals surface area contributed by atoms with Gasteiger partial charge in [-0.05, 0) is 64.4 Å². The van der Waals surface area contributed by atoms with E-state index in [1.54, 1.807) is 74.3 Å². The van der Waals surface area contributed by atoms with Crippen molar-refractivity contribution in [2.45, 2.75) is 70.4 Å². The predicted octanol–water partition coefficient (Wildman–Crippen LogP) is 3.56. The van der Waals surface area contributed by atoms with Crippen LogP contribution >= 0.6 is 11.8 Å². The third-order valence-corrected chi connectivity index (χ3v) is 6.69. The van der Waals surface area contributed by atoms with Crippen LogP contribution in [0.1, 0.15) is 47.1 Å². The van der Waals surface area contributed by atoms with Gasteiger partial charge in [-0.1, -0.05) is 12.1 Å². The van der Waals surface area contributed by atoms with Gasteiger partial charge in [-0.3, -0.25) is 14.6 Å². The number of thioether (sulfide) groups is 1. The topological polar surface area (TPSA) is 110 Å². The molecular formula is C26H34N4O5S. The molecule has 1 aromatic heterocycles. The number of carbonyl (C=O) groups excluding carboxylic acids is 3. The molecule has 2 amide bonds. The Labute approximate surface area is 216 Å². The second-order valence-corrected chi connectivity index (χ2v) is 11.8. The number of aromatic nitrogens is 1. The summed E-state index contributed by atoms with van der Waals surface area (Å²) in [5.74, 6) is -0.0280. The number of hydroxylamine groups is 2. The van der Waals surface area contributed by atoms with Crippen LogP contribution in [0.15, 0.2) is 48.8 Å². The van der Waals surface area contributed by atoms with Crippen LogP contribution in [-0.4, -0.2) is 56.1 Å². The minimum atomic E-state index is -0.912. The number of anilines is 1. The van der Waals surface area contributed by atoms with E-state index >= 15 is 0 Å². The van der Waals surface area contributed by atoms with E-state index in [2.05, 4.69) is 15.6 Å². The van der Waals surface area contributed by atoms with Gasteiger partial charge in [0.1, 0.15) is 17.7 Å². The van der Waals surface area contributed by atoms with Gasteiger partial charge in [-0.25, -0.2) is 4.79 Å². The molecule has 194 valence electrons. The molecule has 2 aromatic rings. The molecule has 2 heterocycles. The molecule has 1 aromatic carbocycles. The fourth-order valence-corrected chi connectivity index (χ4v) is 4.82. The molecule has 0 bridgehead atoms. The van der Waals surface area contributed by atoms with E-state index < -0.39 is 28.4 Å². The van der Waals surface area contributed by atoms with Crippen molar-refractivity contribution in [1.29, 1.82) is 0 Å². The number of carbonyl (C=O) groups is 3. The number of nitrogens with zero attached hydrogens (tertiary/aromatic N) is 2. The van der Waals surface area contributed by atoms with Gasteiger partial charge in [0.25, 0.3) is 0 Å². The maximum absolute atomic E-state index is 13.6. The number of rotatable bonds is 8. The van der Waals surface area contributed by atoms with Crippen molar-refractivity contribution >= 4 is 35.2 Å². The van der Waals surface area contributed by atoms with Crippen molar-refractivity contribution < 1.29 is 24.0 Å². The maximum atomic E-state index is 13.6. The van der Waals surface area contributed by atoms with E-state index in [0.29, 0.717) is 17.3 Å². The highest BCUT2D eigenvalue weighted by Crippen LogP contribution is 2.39. The molecule has 0 saturated carbocycles. The molecule has 2 N–H and O–H groups in total. The molecule has 2 atom stereocenters. The SMILES string of the molecule is CC(=O)Nc1ccc(C[C@H](NC(=O)[C@H]2N(Oc3cccnc3)CSC2(C)C)C(=O)OC(C)(C)C)cc1. The monoisotopic (exact) mass is 514 g/mol. The lowest BCUT2D eigenvalue weighted by molar-refractivity contribution is -0.160. The van der Waals surface area contributed by atoms with Crippen LogP contribution in [-0.2, 0) is 25.5 Å². The molecule has 0 radical (unpaired) electrons. The summed E-state index contributed by atoms with van der Waals surface area (Å²) in [6, 6.07) is 9.08. The van der Waals surface area contributed by atoms with Crippen LogP contribution in [0.2, 0.25) is 0 Å². The summed E-state index contributed by atoms with van der Waals surface area (Å²) in [6.07, 6.45) is 3.46. The van der Waals surface area contributed by atoms with Gasteiger partial charge in [0.05, 0.1) is 12.1 Å². The first-order valence-electron chi connectivity index (χ1n) is 11.7. The smallest absolute Gasteiger partial charge is 0.329 e. The maximum Gasteiger partial charge on any atom is 0.329 e. The van der Waals surface area contributed by atoms with Gasteiger partial charge >= 0.3 is 5.97 Å². The first-order chi connectivity index (χ1) is 16.8. The molecule has 0 aliphatic carbocycles. The molecule has 1 aliphatic rings. The molecule has 0 spiro atoms. The fraction of sp³-hybridized carbons (Fsp3) is 0.462. The number of esters is 1. The number of benzene rings is 1. The normalized spacial score (nSPS) is 18.2. The summed E-state index contributed by atoms with van der Waals surface area (Å²) in [7, 11) is 0. The molecular weight excluding hydrogens is 480 g/mol. The van der Waals surface area contributed by atoms with E-state index in [4.69, 9.17) is 9.57 Å². The summed E-state index contributed by atoms with van der Waals surface area (Å²) in [6.45, 7) is 10.7. The zero-order valence-corrected chi connectivity index (χ0v) is 22.3. The van der Waals surface area contributed by atoms with Crippen molar-refractivity contribution in [3.8, 4) is 5.75 Å². The number of ether oxygens (including phenoxy) is 1. The average molecular weight is 515 g/mol. The van der Waals surface area contributed by atoms with Gasteiger partial charge < -0.3 is 20.2 Å². The Kier molecular flexibility index (Phi) is 8.63. The van der Waals surface area contributed by atoms with E-state index in [0.717, 1.165) is 5.56 Å². The van der Waals surface area contributed by atoms with Crippen LogP contribution in [0, 0.1) is 0 Å².